The van der Waals surface area contributed by atoms with Crippen LogP contribution >= 0.6 is 0 Å². The zero-order valence-corrected chi connectivity index (χ0v) is 12.1. The van der Waals surface area contributed by atoms with E-state index in [9.17, 15) is 9.59 Å². The summed E-state index contributed by atoms with van der Waals surface area (Å²) in [5, 5.41) is 8.81. The van der Waals surface area contributed by atoms with Gasteiger partial charge in [-0.1, -0.05) is 0 Å². The number of carbonyl (C=O) groups is 2. The van der Waals surface area contributed by atoms with Gasteiger partial charge in [0, 0.05) is 29.9 Å². The first-order valence-corrected chi connectivity index (χ1v) is 6.79. The van der Waals surface area contributed by atoms with E-state index in [0.29, 0.717) is 11.3 Å². The second-order valence-electron chi connectivity index (χ2n) is 6.13. The molecule has 0 bridgehead atoms. The van der Waals surface area contributed by atoms with Gasteiger partial charge in [0.15, 0.2) is 0 Å². The van der Waals surface area contributed by atoms with Gasteiger partial charge in [0.1, 0.15) is 0 Å². The first kappa shape index (κ1) is 14.5. The van der Waals surface area contributed by atoms with Gasteiger partial charge >= 0.3 is 0 Å². The Balaban J connectivity index is 1.95. The Hall–Kier alpha value is -1.88. The largest absolute Gasteiger partial charge is 0.347 e. The highest BCUT2D eigenvalue weighted by Gasteiger charge is 2.24. The Morgan fingerprint density at radius 3 is 2.20 bits per heavy atom. The molecule has 1 heterocycles. The fourth-order valence-electron chi connectivity index (χ4n) is 1.84. The van der Waals surface area contributed by atoms with Crippen LogP contribution in [0.2, 0.25) is 0 Å². The molecular formula is C15H21N3O2. The van der Waals surface area contributed by atoms with Crippen molar-refractivity contribution < 1.29 is 9.59 Å². The van der Waals surface area contributed by atoms with Crippen LogP contribution in [0.3, 0.4) is 0 Å². The third kappa shape index (κ3) is 3.81. The van der Waals surface area contributed by atoms with Gasteiger partial charge in [-0.2, -0.15) is 0 Å². The third-order valence-corrected chi connectivity index (χ3v) is 3.06. The van der Waals surface area contributed by atoms with Crippen LogP contribution in [0.25, 0.3) is 0 Å². The molecule has 0 aliphatic carbocycles. The number of carbonyl (C=O) groups excluding carboxylic acids is 2. The molecule has 1 aromatic rings. The second kappa shape index (κ2) is 5.63. The zero-order valence-electron chi connectivity index (χ0n) is 12.1. The molecule has 0 radical (unpaired) electrons. The molecule has 20 heavy (non-hydrogen) atoms. The zero-order chi connectivity index (χ0) is 14.8. The van der Waals surface area contributed by atoms with Crippen molar-refractivity contribution >= 4 is 17.5 Å². The van der Waals surface area contributed by atoms with Crippen LogP contribution in [-0.2, 0) is 4.79 Å². The Labute approximate surface area is 119 Å². The number of hydrogen-bond donors (Lipinski definition) is 3. The predicted molar refractivity (Wildman–Crippen MR) is 78.7 cm³/mol. The van der Waals surface area contributed by atoms with E-state index in [1.807, 2.05) is 20.8 Å². The molecule has 0 unspecified atom stereocenters. The van der Waals surface area contributed by atoms with Crippen molar-refractivity contribution in [1.82, 2.24) is 10.6 Å². The Kier molecular flexibility index (Phi) is 4.09. The molecule has 1 aliphatic rings. The third-order valence-electron chi connectivity index (χ3n) is 3.06. The molecule has 0 saturated carbocycles. The molecule has 2 amide bonds. The molecule has 0 atom stereocenters. The van der Waals surface area contributed by atoms with E-state index in [2.05, 4.69) is 16.0 Å². The van der Waals surface area contributed by atoms with Gasteiger partial charge in [-0.15, -0.1) is 0 Å². The quantitative estimate of drug-likeness (QED) is 0.780. The number of amides is 2. The van der Waals surface area contributed by atoms with Crippen molar-refractivity contribution in [2.75, 3.05) is 18.4 Å². The lowest BCUT2D eigenvalue weighted by Crippen LogP contribution is -2.48. The normalized spacial score (nSPS) is 15.3. The van der Waals surface area contributed by atoms with Crippen LogP contribution in [0, 0.1) is 5.92 Å². The van der Waals surface area contributed by atoms with Gasteiger partial charge in [0.25, 0.3) is 5.91 Å². The first-order chi connectivity index (χ1) is 9.35. The van der Waals surface area contributed by atoms with Crippen LogP contribution in [-0.4, -0.2) is 30.4 Å². The highest BCUT2D eigenvalue weighted by molar-refractivity contribution is 5.96. The van der Waals surface area contributed by atoms with Crippen molar-refractivity contribution in [3.63, 3.8) is 0 Å². The number of nitrogens with one attached hydrogen (secondary N) is 3. The van der Waals surface area contributed by atoms with E-state index in [-0.39, 0.29) is 23.3 Å². The summed E-state index contributed by atoms with van der Waals surface area (Å²) in [6.07, 6.45) is 0. The highest BCUT2D eigenvalue weighted by Crippen LogP contribution is 2.13. The summed E-state index contributed by atoms with van der Waals surface area (Å²) in [4.78, 5) is 23.7. The minimum Gasteiger partial charge on any atom is -0.347 e. The average Bonchev–Trinajstić information content (AvgIpc) is 2.24. The number of benzene rings is 1. The molecule has 1 saturated heterocycles. The predicted octanol–water partition coefficient (Wildman–Crippen LogP) is 1.37. The van der Waals surface area contributed by atoms with Gasteiger partial charge in [0.05, 0.1) is 5.92 Å². The van der Waals surface area contributed by atoms with Crippen molar-refractivity contribution in [3.05, 3.63) is 29.8 Å². The molecule has 1 aliphatic heterocycles. The molecule has 3 N–H and O–H groups in total. The van der Waals surface area contributed by atoms with E-state index in [0.717, 1.165) is 13.1 Å². The van der Waals surface area contributed by atoms with Gasteiger partial charge in [-0.3, -0.25) is 9.59 Å². The van der Waals surface area contributed by atoms with Crippen molar-refractivity contribution in [1.29, 1.82) is 0 Å². The minimum atomic E-state index is -0.263. The van der Waals surface area contributed by atoms with E-state index in [1.54, 1.807) is 24.3 Å². The number of anilines is 1. The van der Waals surface area contributed by atoms with E-state index in [1.165, 1.54) is 0 Å². The average molecular weight is 275 g/mol. The van der Waals surface area contributed by atoms with Crippen LogP contribution in [0.5, 0.6) is 0 Å². The standard InChI is InChI=1S/C15H21N3O2/c1-15(2,3)18-14(20)10-4-6-12(7-5-10)17-13(19)11-8-16-9-11/h4-7,11,16H,8-9H2,1-3H3,(H,17,19)(H,18,20). The summed E-state index contributed by atoms with van der Waals surface area (Å²) in [7, 11) is 0. The highest BCUT2D eigenvalue weighted by atomic mass is 16.2. The van der Waals surface area contributed by atoms with E-state index >= 15 is 0 Å². The summed E-state index contributed by atoms with van der Waals surface area (Å²) in [6.45, 7) is 7.28. The van der Waals surface area contributed by atoms with E-state index in [4.69, 9.17) is 0 Å². The summed E-state index contributed by atoms with van der Waals surface area (Å²) < 4.78 is 0. The Bertz CT molecular complexity index is 499. The maximum Gasteiger partial charge on any atom is 0.251 e. The van der Waals surface area contributed by atoms with Crippen molar-refractivity contribution in [2.45, 2.75) is 26.3 Å². The molecule has 2 rings (SSSR count). The van der Waals surface area contributed by atoms with Crippen LogP contribution in [0.15, 0.2) is 24.3 Å². The van der Waals surface area contributed by atoms with Crippen LogP contribution < -0.4 is 16.0 Å². The lowest BCUT2D eigenvalue weighted by Gasteiger charge is -2.25. The summed E-state index contributed by atoms with van der Waals surface area (Å²) in [5.74, 6) is -0.0342. The lowest BCUT2D eigenvalue weighted by atomic mass is 10.0. The van der Waals surface area contributed by atoms with Gasteiger partial charge < -0.3 is 16.0 Å². The summed E-state index contributed by atoms with van der Waals surface area (Å²) in [6, 6.07) is 6.94. The second-order valence-corrected chi connectivity index (χ2v) is 6.13. The summed E-state index contributed by atoms with van der Waals surface area (Å²) >= 11 is 0. The Morgan fingerprint density at radius 1 is 1.15 bits per heavy atom. The molecule has 108 valence electrons. The molecule has 0 aromatic heterocycles. The maximum absolute atomic E-state index is 12.0. The minimum absolute atomic E-state index is 0.0237. The van der Waals surface area contributed by atoms with Crippen LogP contribution in [0.1, 0.15) is 31.1 Å². The topological polar surface area (TPSA) is 70.2 Å². The number of hydrogen-bond acceptors (Lipinski definition) is 3. The summed E-state index contributed by atoms with van der Waals surface area (Å²) in [5.41, 5.74) is 1.04. The molecule has 0 spiro atoms. The van der Waals surface area contributed by atoms with Crippen LogP contribution in [0.4, 0.5) is 5.69 Å². The SMILES string of the molecule is CC(C)(C)NC(=O)c1ccc(NC(=O)C2CNC2)cc1. The molecule has 1 aromatic carbocycles. The maximum atomic E-state index is 12.0. The number of rotatable bonds is 3. The molecule has 5 heteroatoms. The molecular weight excluding hydrogens is 254 g/mol. The fraction of sp³-hybridized carbons (Fsp3) is 0.467. The Morgan fingerprint density at radius 2 is 1.75 bits per heavy atom. The van der Waals surface area contributed by atoms with E-state index < -0.39 is 0 Å². The van der Waals surface area contributed by atoms with Crippen molar-refractivity contribution in [2.24, 2.45) is 5.92 Å². The molecule has 1 fully saturated rings. The smallest absolute Gasteiger partial charge is 0.251 e. The molecule has 5 nitrogen and oxygen atoms in total. The van der Waals surface area contributed by atoms with Gasteiger partial charge in [-0.25, -0.2) is 0 Å². The van der Waals surface area contributed by atoms with Crippen molar-refractivity contribution in [3.8, 4) is 0 Å². The fourth-order valence-corrected chi connectivity index (χ4v) is 1.84. The first-order valence-electron chi connectivity index (χ1n) is 6.79. The van der Waals surface area contributed by atoms with Gasteiger partial charge in [-0.05, 0) is 45.0 Å². The van der Waals surface area contributed by atoms with Gasteiger partial charge in [0.2, 0.25) is 5.91 Å². The lowest BCUT2D eigenvalue weighted by molar-refractivity contribution is -0.121. The monoisotopic (exact) mass is 275 g/mol.